The Bertz CT molecular complexity index is 191. The van der Waals surface area contributed by atoms with Crippen molar-refractivity contribution >= 4 is 0 Å². The molecule has 1 saturated carbocycles. The molecular formula is C15H31NO. The Hall–Kier alpha value is -0.0800. The van der Waals surface area contributed by atoms with Gasteiger partial charge in [0.05, 0.1) is 6.10 Å². The van der Waals surface area contributed by atoms with E-state index in [9.17, 15) is 5.11 Å². The van der Waals surface area contributed by atoms with Gasteiger partial charge >= 0.3 is 0 Å². The Morgan fingerprint density at radius 1 is 1.00 bits per heavy atom. The van der Waals surface area contributed by atoms with Crippen molar-refractivity contribution in [2.75, 3.05) is 13.1 Å². The van der Waals surface area contributed by atoms with Crippen LogP contribution in [0, 0.1) is 11.8 Å². The summed E-state index contributed by atoms with van der Waals surface area (Å²) in [7, 11) is 0. The number of hydrogen-bond donors (Lipinski definition) is 1. The maximum Gasteiger partial charge on any atom is 0.0695 e. The van der Waals surface area contributed by atoms with Crippen molar-refractivity contribution < 1.29 is 5.11 Å². The average molecular weight is 241 g/mol. The predicted molar refractivity (Wildman–Crippen MR) is 74.1 cm³/mol. The second-order valence-corrected chi connectivity index (χ2v) is 6.47. The van der Waals surface area contributed by atoms with Gasteiger partial charge in [-0.1, -0.05) is 27.7 Å². The molecule has 2 nitrogen and oxygen atoms in total. The monoisotopic (exact) mass is 241 g/mol. The topological polar surface area (TPSA) is 23.5 Å². The number of rotatable bonds is 7. The molecule has 0 saturated heterocycles. The van der Waals surface area contributed by atoms with Crippen LogP contribution >= 0.6 is 0 Å². The average Bonchev–Trinajstić information content (AvgIpc) is 2.64. The van der Waals surface area contributed by atoms with Gasteiger partial charge in [0.2, 0.25) is 0 Å². The first kappa shape index (κ1) is 15.0. The third-order valence-electron chi connectivity index (χ3n) is 3.90. The van der Waals surface area contributed by atoms with Gasteiger partial charge in [0.25, 0.3) is 0 Å². The van der Waals surface area contributed by atoms with Gasteiger partial charge < -0.3 is 5.11 Å². The Labute approximate surface area is 107 Å². The Balaban J connectivity index is 2.45. The van der Waals surface area contributed by atoms with E-state index in [-0.39, 0.29) is 6.10 Å². The number of nitrogens with zero attached hydrogens (tertiary/aromatic N) is 1. The number of hydrogen-bond acceptors (Lipinski definition) is 2. The second kappa shape index (κ2) is 7.38. The van der Waals surface area contributed by atoms with Gasteiger partial charge in [-0.05, 0) is 57.0 Å². The maximum atomic E-state index is 10.0. The molecule has 0 aromatic rings. The van der Waals surface area contributed by atoms with Crippen molar-refractivity contribution in [3.05, 3.63) is 0 Å². The molecule has 1 aliphatic carbocycles. The first-order valence-electron chi connectivity index (χ1n) is 7.42. The second-order valence-electron chi connectivity index (χ2n) is 6.47. The molecule has 17 heavy (non-hydrogen) atoms. The first-order valence-corrected chi connectivity index (χ1v) is 7.42. The third-order valence-corrected chi connectivity index (χ3v) is 3.90. The molecule has 2 atom stereocenters. The van der Waals surface area contributed by atoms with E-state index in [1.165, 1.54) is 25.7 Å². The summed E-state index contributed by atoms with van der Waals surface area (Å²) in [6.45, 7) is 11.5. The van der Waals surface area contributed by atoms with Crippen LogP contribution in [0.5, 0.6) is 0 Å². The molecule has 0 aromatic carbocycles. The summed E-state index contributed by atoms with van der Waals surface area (Å²) < 4.78 is 0. The van der Waals surface area contributed by atoms with Crippen LogP contribution in [0.3, 0.4) is 0 Å². The van der Waals surface area contributed by atoms with E-state index in [1.807, 2.05) is 0 Å². The summed E-state index contributed by atoms with van der Waals surface area (Å²) in [6.07, 6.45) is 5.82. The summed E-state index contributed by atoms with van der Waals surface area (Å²) in [6, 6.07) is 0.437. The summed E-state index contributed by atoms with van der Waals surface area (Å²) in [5.74, 6) is 1.52. The predicted octanol–water partition coefficient (Wildman–Crippen LogP) is 3.29. The van der Waals surface area contributed by atoms with Crippen LogP contribution < -0.4 is 0 Å². The molecule has 1 fully saturated rings. The van der Waals surface area contributed by atoms with Crippen molar-refractivity contribution in [3.63, 3.8) is 0 Å². The molecular weight excluding hydrogens is 210 g/mol. The molecule has 0 radical (unpaired) electrons. The summed E-state index contributed by atoms with van der Waals surface area (Å²) in [5, 5.41) is 10.0. The minimum Gasteiger partial charge on any atom is -0.391 e. The molecule has 0 heterocycles. The Kier molecular flexibility index (Phi) is 6.50. The molecule has 1 aliphatic rings. The Morgan fingerprint density at radius 3 is 1.88 bits per heavy atom. The van der Waals surface area contributed by atoms with E-state index in [0.29, 0.717) is 6.04 Å². The van der Waals surface area contributed by atoms with Crippen LogP contribution in [0.2, 0.25) is 0 Å². The fraction of sp³-hybridized carbons (Fsp3) is 1.00. The fourth-order valence-corrected chi connectivity index (χ4v) is 2.64. The van der Waals surface area contributed by atoms with Gasteiger partial charge in [0, 0.05) is 6.04 Å². The number of aliphatic hydroxyl groups is 1. The van der Waals surface area contributed by atoms with E-state index in [2.05, 4.69) is 32.6 Å². The molecule has 0 unspecified atom stereocenters. The normalized spacial score (nSPS) is 25.4. The van der Waals surface area contributed by atoms with Gasteiger partial charge in [-0.2, -0.15) is 0 Å². The SMILES string of the molecule is CC(C)CCN(CCC(C)C)[C@@H]1CCC[C@H]1O. The smallest absolute Gasteiger partial charge is 0.0695 e. The van der Waals surface area contributed by atoms with Crippen LogP contribution in [-0.2, 0) is 0 Å². The minimum atomic E-state index is -0.0747. The lowest BCUT2D eigenvalue weighted by Gasteiger charge is -2.32. The van der Waals surface area contributed by atoms with Gasteiger partial charge in [0.1, 0.15) is 0 Å². The van der Waals surface area contributed by atoms with E-state index in [0.717, 1.165) is 31.3 Å². The van der Waals surface area contributed by atoms with Crippen molar-refractivity contribution in [2.45, 2.75) is 71.9 Å². The van der Waals surface area contributed by atoms with Crippen LogP contribution in [0.1, 0.15) is 59.8 Å². The molecule has 102 valence electrons. The highest BCUT2D eigenvalue weighted by Crippen LogP contribution is 2.25. The van der Waals surface area contributed by atoms with E-state index < -0.39 is 0 Å². The number of aliphatic hydroxyl groups excluding tert-OH is 1. The lowest BCUT2D eigenvalue weighted by atomic mass is 10.1. The van der Waals surface area contributed by atoms with Crippen LogP contribution in [0.4, 0.5) is 0 Å². The lowest BCUT2D eigenvalue weighted by Crippen LogP contribution is -2.42. The Morgan fingerprint density at radius 2 is 1.53 bits per heavy atom. The van der Waals surface area contributed by atoms with E-state index >= 15 is 0 Å². The minimum absolute atomic E-state index is 0.0747. The van der Waals surface area contributed by atoms with Crippen LogP contribution in [0.15, 0.2) is 0 Å². The van der Waals surface area contributed by atoms with Gasteiger partial charge in [-0.3, -0.25) is 4.90 Å². The van der Waals surface area contributed by atoms with Gasteiger partial charge in [-0.25, -0.2) is 0 Å². The molecule has 0 amide bonds. The van der Waals surface area contributed by atoms with Gasteiger partial charge in [-0.15, -0.1) is 0 Å². The first-order chi connectivity index (χ1) is 8.00. The van der Waals surface area contributed by atoms with E-state index in [1.54, 1.807) is 0 Å². The highest BCUT2D eigenvalue weighted by Gasteiger charge is 2.30. The van der Waals surface area contributed by atoms with Crippen molar-refractivity contribution in [3.8, 4) is 0 Å². The lowest BCUT2D eigenvalue weighted by molar-refractivity contribution is 0.0648. The largest absolute Gasteiger partial charge is 0.391 e. The van der Waals surface area contributed by atoms with Gasteiger partial charge in [0.15, 0.2) is 0 Å². The zero-order valence-corrected chi connectivity index (χ0v) is 12.2. The van der Waals surface area contributed by atoms with Crippen LogP contribution in [-0.4, -0.2) is 35.2 Å². The van der Waals surface area contributed by atoms with Crippen LogP contribution in [0.25, 0.3) is 0 Å². The zero-order valence-electron chi connectivity index (χ0n) is 12.2. The quantitative estimate of drug-likeness (QED) is 0.739. The standard InChI is InChI=1S/C15H31NO/c1-12(2)8-10-16(11-9-13(3)4)14-6-5-7-15(14)17/h12-15,17H,5-11H2,1-4H3/t14-,15-/m1/s1. The fourth-order valence-electron chi connectivity index (χ4n) is 2.64. The zero-order chi connectivity index (χ0) is 12.8. The molecule has 0 bridgehead atoms. The molecule has 1 rings (SSSR count). The van der Waals surface area contributed by atoms with Crippen molar-refractivity contribution in [1.82, 2.24) is 4.90 Å². The molecule has 1 N–H and O–H groups in total. The summed E-state index contributed by atoms with van der Waals surface area (Å²) in [5.41, 5.74) is 0. The highest BCUT2D eigenvalue weighted by atomic mass is 16.3. The maximum absolute atomic E-state index is 10.0. The van der Waals surface area contributed by atoms with Crippen molar-refractivity contribution in [1.29, 1.82) is 0 Å². The summed E-state index contributed by atoms with van der Waals surface area (Å²) in [4.78, 5) is 2.55. The molecule has 0 aliphatic heterocycles. The molecule has 2 heteroatoms. The molecule has 0 spiro atoms. The summed E-state index contributed by atoms with van der Waals surface area (Å²) >= 11 is 0. The van der Waals surface area contributed by atoms with Crippen molar-refractivity contribution in [2.24, 2.45) is 11.8 Å². The third kappa shape index (κ3) is 5.39. The van der Waals surface area contributed by atoms with E-state index in [4.69, 9.17) is 0 Å². The highest BCUT2D eigenvalue weighted by molar-refractivity contribution is 4.85. The molecule has 0 aromatic heterocycles.